The lowest BCUT2D eigenvalue weighted by Gasteiger charge is -2.33. The summed E-state index contributed by atoms with van der Waals surface area (Å²) in [5.41, 5.74) is -0.318. The maximum Gasteiger partial charge on any atom is 0.227 e. The second-order valence-corrected chi connectivity index (χ2v) is 4.82. The predicted molar refractivity (Wildman–Crippen MR) is 65.1 cm³/mol. The number of aryl methyl sites for hydroxylation is 1. The van der Waals surface area contributed by atoms with Crippen LogP contribution in [0.2, 0.25) is 0 Å². The number of hydrogen-bond acceptors (Lipinski definition) is 4. The second-order valence-electron chi connectivity index (χ2n) is 4.44. The molecule has 0 aliphatic heterocycles. The molecule has 0 bridgehead atoms. The third kappa shape index (κ3) is 2.80. The van der Waals surface area contributed by atoms with Gasteiger partial charge < -0.3 is 9.26 Å². The van der Waals surface area contributed by atoms with Gasteiger partial charge in [0.2, 0.25) is 11.7 Å². The Morgan fingerprint density at radius 1 is 1.35 bits per heavy atom. The Labute approximate surface area is 107 Å². The fraction of sp³-hybridized carbons (Fsp3) is 0.833. The third-order valence-electron chi connectivity index (χ3n) is 3.27. The van der Waals surface area contributed by atoms with E-state index in [1.54, 1.807) is 0 Å². The summed E-state index contributed by atoms with van der Waals surface area (Å²) in [4.78, 5) is 4.43. The lowest BCUT2D eigenvalue weighted by Crippen LogP contribution is -2.33. The molecule has 1 heterocycles. The molecule has 0 atom stereocenters. The minimum absolute atomic E-state index is 0.318. The highest BCUT2D eigenvalue weighted by atomic mass is 35.5. The number of nitrogens with zero attached hydrogens (tertiary/aromatic N) is 2. The number of ether oxygens (including phenoxy) is 1. The van der Waals surface area contributed by atoms with Crippen LogP contribution in [0.4, 0.5) is 0 Å². The van der Waals surface area contributed by atoms with Crippen LogP contribution in [-0.2, 0) is 16.8 Å². The number of halogens is 1. The second kappa shape index (κ2) is 5.83. The molecule has 17 heavy (non-hydrogen) atoms. The smallest absolute Gasteiger partial charge is 0.227 e. The van der Waals surface area contributed by atoms with Crippen LogP contribution in [-0.4, -0.2) is 22.6 Å². The molecule has 0 amide bonds. The molecule has 0 saturated heterocycles. The number of hydrogen-bond donors (Lipinski definition) is 0. The van der Waals surface area contributed by atoms with Crippen molar-refractivity contribution in [3.63, 3.8) is 0 Å². The fourth-order valence-corrected chi connectivity index (χ4v) is 2.62. The molecule has 1 fully saturated rings. The average Bonchev–Trinajstić information content (AvgIpc) is 2.80. The summed E-state index contributed by atoms with van der Waals surface area (Å²) in [5.74, 6) is 1.82. The van der Waals surface area contributed by atoms with Crippen LogP contribution < -0.4 is 0 Å². The molecular weight excluding hydrogens is 240 g/mol. The Kier molecular flexibility index (Phi) is 4.40. The molecule has 1 aromatic heterocycles. The minimum atomic E-state index is -0.318. The Bertz CT molecular complexity index is 343. The van der Waals surface area contributed by atoms with E-state index in [0.29, 0.717) is 30.6 Å². The van der Waals surface area contributed by atoms with Crippen molar-refractivity contribution >= 4 is 11.6 Å². The lowest BCUT2D eigenvalue weighted by molar-refractivity contribution is -0.0777. The van der Waals surface area contributed by atoms with Crippen LogP contribution >= 0.6 is 11.6 Å². The van der Waals surface area contributed by atoms with E-state index in [9.17, 15) is 0 Å². The highest BCUT2D eigenvalue weighted by molar-refractivity contribution is 6.17. The molecule has 2 rings (SSSR count). The van der Waals surface area contributed by atoms with Crippen LogP contribution in [0.15, 0.2) is 4.52 Å². The highest BCUT2D eigenvalue weighted by Crippen LogP contribution is 2.39. The Hall–Kier alpha value is -0.610. The van der Waals surface area contributed by atoms with Crippen molar-refractivity contribution in [2.24, 2.45) is 0 Å². The van der Waals surface area contributed by atoms with E-state index in [-0.39, 0.29) is 5.60 Å². The number of alkyl halides is 1. The van der Waals surface area contributed by atoms with E-state index in [0.717, 1.165) is 12.8 Å². The summed E-state index contributed by atoms with van der Waals surface area (Å²) >= 11 is 5.67. The van der Waals surface area contributed by atoms with Gasteiger partial charge in [0.15, 0.2) is 0 Å². The molecule has 4 nitrogen and oxygen atoms in total. The van der Waals surface area contributed by atoms with Gasteiger partial charge in [-0.2, -0.15) is 4.98 Å². The molecule has 1 saturated carbocycles. The van der Waals surface area contributed by atoms with Crippen molar-refractivity contribution < 1.29 is 9.26 Å². The van der Waals surface area contributed by atoms with E-state index in [1.807, 2.05) is 6.92 Å². The van der Waals surface area contributed by atoms with Gasteiger partial charge in [-0.15, -0.1) is 11.6 Å². The fourth-order valence-electron chi connectivity index (χ4n) is 2.45. The van der Waals surface area contributed by atoms with E-state index >= 15 is 0 Å². The summed E-state index contributed by atoms with van der Waals surface area (Å²) in [7, 11) is 0. The van der Waals surface area contributed by atoms with Crippen molar-refractivity contribution in [3.8, 4) is 0 Å². The first-order chi connectivity index (χ1) is 8.30. The lowest BCUT2D eigenvalue weighted by atomic mass is 9.84. The zero-order chi connectivity index (χ0) is 12.1. The van der Waals surface area contributed by atoms with Crippen molar-refractivity contribution in [2.75, 3.05) is 12.5 Å². The standard InChI is InChI=1S/C12H19ClN2O2/c1-2-16-12(7-4-3-5-8-12)11-14-10(6-9-13)17-15-11/h2-9H2,1H3. The first-order valence-corrected chi connectivity index (χ1v) is 6.87. The molecule has 1 aromatic rings. The quantitative estimate of drug-likeness (QED) is 0.762. The zero-order valence-electron chi connectivity index (χ0n) is 10.2. The van der Waals surface area contributed by atoms with Gasteiger partial charge in [0, 0.05) is 18.9 Å². The Morgan fingerprint density at radius 3 is 2.76 bits per heavy atom. The number of rotatable bonds is 5. The SMILES string of the molecule is CCOC1(c2noc(CCCl)n2)CCCCC1. The van der Waals surface area contributed by atoms with E-state index < -0.39 is 0 Å². The van der Waals surface area contributed by atoms with E-state index in [2.05, 4.69) is 10.1 Å². The summed E-state index contributed by atoms with van der Waals surface area (Å²) in [6.07, 6.45) is 6.19. The topological polar surface area (TPSA) is 48.2 Å². The number of aromatic nitrogens is 2. The van der Waals surface area contributed by atoms with Gasteiger partial charge in [-0.05, 0) is 19.8 Å². The Morgan fingerprint density at radius 2 is 2.12 bits per heavy atom. The van der Waals surface area contributed by atoms with Crippen molar-refractivity contribution in [1.82, 2.24) is 10.1 Å². The average molecular weight is 259 g/mol. The maximum absolute atomic E-state index is 5.93. The Balaban J connectivity index is 2.18. The van der Waals surface area contributed by atoms with Crippen LogP contribution in [0.1, 0.15) is 50.7 Å². The molecule has 0 unspecified atom stereocenters. The molecular formula is C12H19ClN2O2. The van der Waals surface area contributed by atoms with Gasteiger partial charge in [0.05, 0.1) is 0 Å². The van der Waals surface area contributed by atoms with E-state index in [4.69, 9.17) is 20.9 Å². The van der Waals surface area contributed by atoms with Crippen LogP contribution in [0, 0.1) is 0 Å². The van der Waals surface area contributed by atoms with Gasteiger partial charge in [-0.25, -0.2) is 0 Å². The van der Waals surface area contributed by atoms with Gasteiger partial charge in [-0.1, -0.05) is 24.4 Å². The van der Waals surface area contributed by atoms with Crippen LogP contribution in [0.5, 0.6) is 0 Å². The summed E-state index contributed by atoms with van der Waals surface area (Å²) in [6, 6.07) is 0. The van der Waals surface area contributed by atoms with Crippen molar-refractivity contribution in [3.05, 3.63) is 11.7 Å². The van der Waals surface area contributed by atoms with Gasteiger partial charge in [-0.3, -0.25) is 0 Å². The van der Waals surface area contributed by atoms with Crippen LogP contribution in [0.25, 0.3) is 0 Å². The zero-order valence-corrected chi connectivity index (χ0v) is 11.0. The molecule has 0 aromatic carbocycles. The molecule has 5 heteroatoms. The molecule has 1 aliphatic rings. The van der Waals surface area contributed by atoms with Crippen molar-refractivity contribution in [1.29, 1.82) is 0 Å². The predicted octanol–water partition coefficient (Wildman–Crippen LogP) is 3.05. The summed E-state index contributed by atoms with van der Waals surface area (Å²) in [5, 5.41) is 4.08. The van der Waals surface area contributed by atoms with Gasteiger partial charge in [0.25, 0.3) is 0 Å². The first kappa shape index (κ1) is 12.8. The molecule has 0 radical (unpaired) electrons. The summed E-state index contributed by atoms with van der Waals surface area (Å²) < 4.78 is 11.1. The summed E-state index contributed by atoms with van der Waals surface area (Å²) in [6.45, 7) is 2.69. The minimum Gasteiger partial charge on any atom is -0.367 e. The molecule has 96 valence electrons. The normalized spacial score (nSPS) is 19.4. The van der Waals surface area contributed by atoms with Gasteiger partial charge >= 0.3 is 0 Å². The molecule has 1 aliphatic carbocycles. The van der Waals surface area contributed by atoms with Gasteiger partial charge in [0.1, 0.15) is 5.60 Å². The highest BCUT2D eigenvalue weighted by Gasteiger charge is 2.39. The van der Waals surface area contributed by atoms with Crippen molar-refractivity contribution in [2.45, 2.75) is 51.0 Å². The molecule has 0 N–H and O–H groups in total. The molecule has 0 spiro atoms. The largest absolute Gasteiger partial charge is 0.367 e. The first-order valence-electron chi connectivity index (χ1n) is 6.34. The van der Waals surface area contributed by atoms with E-state index in [1.165, 1.54) is 19.3 Å². The van der Waals surface area contributed by atoms with Crippen LogP contribution in [0.3, 0.4) is 0 Å². The third-order valence-corrected chi connectivity index (χ3v) is 3.45. The monoisotopic (exact) mass is 258 g/mol. The maximum atomic E-state index is 5.93.